The third-order valence-electron chi connectivity index (χ3n) is 2.22. The van der Waals surface area contributed by atoms with Gasteiger partial charge in [0.15, 0.2) is 0 Å². The highest BCUT2D eigenvalue weighted by Gasteiger charge is 2.22. The molecule has 0 spiro atoms. The van der Waals surface area contributed by atoms with Crippen LogP contribution < -0.4 is 5.14 Å². The highest BCUT2D eigenvalue weighted by molar-refractivity contribution is 7.89. The average molecular weight is 244 g/mol. The van der Waals surface area contributed by atoms with E-state index in [1.165, 1.54) is 24.3 Å². The Hall–Kier alpha value is -1.47. The van der Waals surface area contributed by atoms with Crippen LogP contribution in [0.4, 0.5) is 5.69 Å². The Labute approximate surface area is 93.3 Å². The van der Waals surface area contributed by atoms with Crippen molar-refractivity contribution in [3.05, 3.63) is 39.9 Å². The number of nitrogens with two attached hydrogens (primary N) is 1. The van der Waals surface area contributed by atoms with E-state index in [1.54, 1.807) is 6.92 Å². The molecule has 1 aromatic rings. The summed E-state index contributed by atoms with van der Waals surface area (Å²) in [6, 6.07) is 5.50. The van der Waals surface area contributed by atoms with Gasteiger partial charge in [0, 0.05) is 12.1 Å². The SMILES string of the molecule is CCC(c1cccc([N+](=O)[O-])c1)S(N)(=O)=O. The van der Waals surface area contributed by atoms with Crippen LogP contribution in [0.15, 0.2) is 24.3 Å². The largest absolute Gasteiger partial charge is 0.269 e. The van der Waals surface area contributed by atoms with Gasteiger partial charge in [0.2, 0.25) is 10.0 Å². The van der Waals surface area contributed by atoms with E-state index >= 15 is 0 Å². The van der Waals surface area contributed by atoms with Crippen molar-refractivity contribution < 1.29 is 13.3 Å². The quantitative estimate of drug-likeness (QED) is 0.637. The topological polar surface area (TPSA) is 103 Å². The van der Waals surface area contributed by atoms with Crippen LogP contribution in [0.25, 0.3) is 0 Å². The van der Waals surface area contributed by atoms with Gasteiger partial charge in [-0.2, -0.15) is 0 Å². The molecule has 0 fully saturated rings. The number of nitro groups is 1. The van der Waals surface area contributed by atoms with Crippen LogP contribution in [0, 0.1) is 10.1 Å². The van der Waals surface area contributed by atoms with Gasteiger partial charge in [-0.1, -0.05) is 19.1 Å². The van der Waals surface area contributed by atoms with E-state index < -0.39 is 20.2 Å². The number of nitro benzene ring substituents is 1. The first-order valence-corrected chi connectivity index (χ1v) is 6.23. The molecule has 0 aliphatic rings. The maximum Gasteiger partial charge on any atom is 0.269 e. The van der Waals surface area contributed by atoms with Crippen molar-refractivity contribution in [1.82, 2.24) is 0 Å². The summed E-state index contributed by atoms with van der Waals surface area (Å²) in [4.78, 5) is 9.97. The van der Waals surface area contributed by atoms with Crippen molar-refractivity contribution >= 4 is 15.7 Å². The minimum Gasteiger partial charge on any atom is -0.258 e. The van der Waals surface area contributed by atoms with Crippen LogP contribution in [-0.4, -0.2) is 13.3 Å². The fraction of sp³-hybridized carbons (Fsp3) is 0.333. The molecule has 1 unspecified atom stereocenters. The minimum atomic E-state index is -3.73. The minimum absolute atomic E-state index is 0.139. The van der Waals surface area contributed by atoms with Crippen LogP contribution in [0.1, 0.15) is 24.2 Å². The van der Waals surface area contributed by atoms with E-state index in [0.29, 0.717) is 5.56 Å². The van der Waals surface area contributed by atoms with Crippen molar-refractivity contribution in [2.24, 2.45) is 5.14 Å². The maximum absolute atomic E-state index is 11.3. The van der Waals surface area contributed by atoms with Crippen LogP contribution in [0.5, 0.6) is 0 Å². The lowest BCUT2D eigenvalue weighted by Crippen LogP contribution is -2.21. The Kier molecular flexibility index (Phi) is 3.61. The van der Waals surface area contributed by atoms with Gasteiger partial charge in [-0.3, -0.25) is 10.1 Å². The van der Waals surface area contributed by atoms with Crippen LogP contribution in [0.2, 0.25) is 0 Å². The highest BCUT2D eigenvalue weighted by atomic mass is 32.2. The van der Waals surface area contributed by atoms with Gasteiger partial charge < -0.3 is 0 Å². The molecule has 1 rings (SSSR count). The van der Waals surface area contributed by atoms with Crippen LogP contribution in [-0.2, 0) is 10.0 Å². The number of benzene rings is 1. The predicted molar refractivity (Wildman–Crippen MR) is 59.2 cm³/mol. The van der Waals surface area contributed by atoms with Crippen molar-refractivity contribution in [2.75, 3.05) is 0 Å². The first kappa shape index (κ1) is 12.6. The number of hydrogen-bond donors (Lipinski definition) is 1. The zero-order valence-electron chi connectivity index (χ0n) is 8.66. The number of hydrogen-bond acceptors (Lipinski definition) is 4. The Morgan fingerprint density at radius 2 is 2.12 bits per heavy atom. The fourth-order valence-corrected chi connectivity index (χ4v) is 2.49. The molecule has 0 saturated heterocycles. The summed E-state index contributed by atoms with van der Waals surface area (Å²) in [5.41, 5.74) is 0.207. The van der Waals surface area contributed by atoms with E-state index in [9.17, 15) is 18.5 Å². The lowest BCUT2D eigenvalue weighted by molar-refractivity contribution is -0.384. The Morgan fingerprint density at radius 1 is 1.50 bits per heavy atom. The summed E-state index contributed by atoms with van der Waals surface area (Å²) >= 11 is 0. The maximum atomic E-state index is 11.3. The first-order valence-electron chi connectivity index (χ1n) is 4.62. The molecular formula is C9H12N2O4S. The molecule has 6 nitrogen and oxygen atoms in total. The molecule has 0 aliphatic heterocycles. The average Bonchev–Trinajstić information content (AvgIpc) is 2.17. The molecule has 0 amide bonds. The summed E-state index contributed by atoms with van der Waals surface area (Å²) in [5, 5.41) is 14.7. The number of nitrogens with zero attached hydrogens (tertiary/aromatic N) is 1. The summed E-state index contributed by atoms with van der Waals surface area (Å²) in [6.07, 6.45) is 0.278. The molecule has 16 heavy (non-hydrogen) atoms. The van der Waals surface area contributed by atoms with Crippen molar-refractivity contribution in [1.29, 1.82) is 0 Å². The molecule has 7 heteroatoms. The molecular weight excluding hydrogens is 232 g/mol. The smallest absolute Gasteiger partial charge is 0.258 e. The number of rotatable bonds is 4. The van der Waals surface area contributed by atoms with E-state index in [2.05, 4.69) is 0 Å². The van der Waals surface area contributed by atoms with Crippen LogP contribution >= 0.6 is 0 Å². The normalized spacial score (nSPS) is 13.4. The van der Waals surface area contributed by atoms with E-state index in [1.807, 2.05) is 0 Å². The lowest BCUT2D eigenvalue weighted by Gasteiger charge is -2.12. The number of non-ortho nitro benzene ring substituents is 1. The molecule has 0 bridgehead atoms. The van der Waals surface area contributed by atoms with Crippen molar-refractivity contribution in [2.45, 2.75) is 18.6 Å². The van der Waals surface area contributed by atoms with Gasteiger partial charge in [0.25, 0.3) is 5.69 Å². The van der Waals surface area contributed by atoms with Crippen molar-refractivity contribution in [3.63, 3.8) is 0 Å². The Balaban J connectivity index is 3.22. The van der Waals surface area contributed by atoms with Crippen LogP contribution in [0.3, 0.4) is 0 Å². The second kappa shape index (κ2) is 4.58. The van der Waals surface area contributed by atoms with Crippen molar-refractivity contribution in [3.8, 4) is 0 Å². The number of sulfonamides is 1. The summed E-state index contributed by atoms with van der Waals surface area (Å²) in [6.45, 7) is 1.66. The monoisotopic (exact) mass is 244 g/mol. The molecule has 0 saturated carbocycles. The fourth-order valence-electron chi connectivity index (χ4n) is 1.50. The zero-order valence-corrected chi connectivity index (χ0v) is 9.48. The molecule has 0 heterocycles. The standard InChI is InChI=1S/C9H12N2O4S/c1-2-9(16(10,14)15)7-4-3-5-8(6-7)11(12)13/h3-6,9H,2H2,1H3,(H2,10,14,15). The van der Waals surface area contributed by atoms with Gasteiger partial charge in [0.1, 0.15) is 5.25 Å². The molecule has 0 aliphatic carbocycles. The molecule has 0 aromatic heterocycles. The van der Waals surface area contributed by atoms with Gasteiger partial charge in [-0.25, -0.2) is 13.6 Å². The van der Waals surface area contributed by atoms with E-state index in [-0.39, 0.29) is 12.1 Å². The zero-order chi connectivity index (χ0) is 12.3. The second-order valence-corrected chi connectivity index (χ2v) is 5.09. The van der Waals surface area contributed by atoms with Gasteiger partial charge in [-0.05, 0) is 12.0 Å². The molecule has 88 valence electrons. The highest BCUT2D eigenvalue weighted by Crippen LogP contribution is 2.26. The first-order chi connectivity index (χ1) is 7.36. The predicted octanol–water partition coefficient (Wildman–Crippen LogP) is 1.33. The third-order valence-corrected chi connectivity index (χ3v) is 3.62. The summed E-state index contributed by atoms with van der Waals surface area (Å²) < 4.78 is 22.5. The Bertz CT molecular complexity index is 498. The molecule has 0 radical (unpaired) electrons. The van der Waals surface area contributed by atoms with E-state index in [0.717, 1.165) is 0 Å². The van der Waals surface area contributed by atoms with Gasteiger partial charge >= 0.3 is 0 Å². The Morgan fingerprint density at radius 3 is 2.56 bits per heavy atom. The second-order valence-electron chi connectivity index (χ2n) is 3.34. The lowest BCUT2D eigenvalue weighted by atomic mass is 10.1. The van der Waals surface area contributed by atoms with Gasteiger partial charge in [-0.15, -0.1) is 0 Å². The summed E-state index contributed by atoms with van der Waals surface area (Å²) in [5.74, 6) is 0. The third kappa shape index (κ3) is 2.77. The molecule has 1 aromatic carbocycles. The van der Waals surface area contributed by atoms with Gasteiger partial charge in [0.05, 0.1) is 4.92 Å². The molecule has 2 N–H and O–H groups in total. The molecule has 1 atom stereocenters. The summed E-state index contributed by atoms with van der Waals surface area (Å²) in [7, 11) is -3.73. The van der Waals surface area contributed by atoms with E-state index in [4.69, 9.17) is 5.14 Å². The number of primary sulfonamides is 1.